The van der Waals surface area contributed by atoms with Crippen molar-refractivity contribution in [3.63, 3.8) is 0 Å². The molecule has 15 nitrogen and oxygen atoms in total. The third-order valence-corrected chi connectivity index (χ3v) is 10.3. The largest absolute Gasteiger partial charge is 0.478 e. The number of rotatable bonds is 18. The number of nitrogens with zero attached hydrogens (tertiary/aromatic N) is 3. The molecular formula is C38H51N5O10S. The molecule has 1 aromatic carbocycles. The molecule has 1 fully saturated rings. The van der Waals surface area contributed by atoms with Gasteiger partial charge in [-0.25, -0.2) is 9.79 Å². The summed E-state index contributed by atoms with van der Waals surface area (Å²) in [5.74, 6) is -2.48. The van der Waals surface area contributed by atoms with Gasteiger partial charge in [-0.3, -0.25) is 14.1 Å². The van der Waals surface area contributed by atoms with Gasteiger partial charge >= 0.3 is 16.3 Å². The highest BCUT2D eigenvalue weighted by Gasteiger charge is 2.50. The van der Waals surface area contributed by atoms with Gasteiger partial charge in [0.15, 0.2) is 18.5 Å². The van der Waals surface area contributed by atoms with Crippen molar-refractivity contribution >= 4 is 39.6 Å². The van der Waals surface area contributed by atoms with Gasteiger partial charge in [-0.2, -0.15) is 12.7 Å². The van der Waals surface area contributed by atoms with Crippen LogP contribution in [0.2, 0.25) is 0 Å². The number of ether oxygens (including phenoxy) is 2. The number of amides is 2. The molecule has 1 aliphatic carbocycles. The van der Waals surface area contributed by atoms with Crippen molar-refractivity contribution in [2.45, 2.75) is 104 Å². The van der Waals surface area contributed by atoms with E-state index in [2.05, 4.69) is 55.0 Å². The predicted molar refractivity (Wildman–Crippen MR) is 203 cm³/mol. The van der Waals surface area contributed by atoms with Crippen LogP contribution in [0.25, 0.3) is 0 Å². The first-order valence-corrected chi connectivity index (χ1v) is 19.3. The second kappa shape index (κ2) is 17.6. The summed E-state index contributed by atoms with van der Waals surface area (Å²) in [7, 11) is -5.06. The van der Waals surface area contributed by atoms with Crippen LogP contribution in [0.15, 0.2) is 69.6 Å². The first-order valence-electron chi connectivity index (χ1n) is 17.9. The molecule has 294 valence electrons. The zero-order valence-electron chi connectivity index (χ0n) is 31.7. The van der Waals surface area contributed by atoms with Crippen LogP contribution in [0.4, 0.5) is 0 Å². The van der Waals surface area contributed by atoms with Crippen molar-refractivity contribution in [2.75, 3.05) is 13.4 Å². The minimum atomic E-state index is -5.06. The molecule has 3 atom stereocenters. The molecule has 0 aromatic heterocycles. The Balaban J connectivity index is 1.55. The normalized spacial score (nSPS) is 21.2. The van der Waals surface area contributed by atoms with E-state index in [0.717, 1.165) is 60.8 Å². The lowest BCUT2D eigenvalue weighted by molar-refractivity contribution is -0.161. The lowest BCUT2D eigenvalue weighted by atomic mass is 9.73. The lowest BCUT2D eigenvalue weighted by Gasteiger charge is -2.38. The lowest BCUT2D eigenvalue weighted by Crippen LogP contribution is -2.64. The molecular weight excluding hydrogens is 719 g/mol. The quantitative estimate of drug-likeness (QED) is 0.0296. The van der Waals surface area contributed by atoms with E-state index in [1.54, 1.807) is 0 Å². The van der Waals surface area contributed by atoms with E-state index in [0.29, 0.717) is 5.75 Å². The molecule has 4 rings (SSSR count). The molecule has 54 heavy (non-hydrogen) atoms. The number of amidine groups is 1. The Hall–Kier alpha value is -4.80. The van der Waals surface area contributed by atoms with Gasteiger partial charge in [-0.1, -0.05) is 54.8 Å². The number of aliphatic imine (C=N–C) groups is 1. The first kappa shape index (κ1) is 41.9. The Morgan fingerprint density at radius 1 is 1.24 bits per heavy atom. The summed E-state index contributed by atoms with van der Waals surface area (Å²) in [5.41, 5.74) is 8.73. The molecule has 0 spiro atoms. The minimum Gasteiger partial charge on any atom is -0.478 e. The van der Waals surface area contributed by atoms with Crippen LogP contribution >= 0.6 is 0 Å². The van der Waals surface area contributed by atoms with E-state index >= 15 is 0 Å². The van der Waals surface area contributed by atoms with Crippen LogP contribution in [-0.2, 0) is 40.7 Å². The average Bonchev–Trinajstić information content (AvgIpc) is 3.51. The van der Waals surface area contributed by atoms with Gasteiger partial charge in [0.05, 0.1) is 18.0 Å². The maximum absolute atomic E-state index is 13.4. The number of unbranched alkanes of at least 4 members (excludes halogenated alkanes) is 2. The molecule has 0 saturated carbocycles. The predicted octanol–water partition coefficient (Wildman–Crippen LogP) is 4.99. The van der Waals surface area contributed by atoms with Crippen LogP contribution in [0.1, 0.15) is 95.8 Å². The molecule has 1 aromatic rings. The second-order valence-electron chi connectivity index (χ2n) is 14.3. The van der Waals surface area contributed by atoms with Crippen LogP contribution < -0.4 is 15.8 Å². The highest BCUT2D eigenvalue weighted by atomic mass is 32.2. The monoisotopic (exact) mass is 769 g/mol. The molecule has 5 N–H and O–H groups in total. The maximum atomic E-state index is 13.4. The van der Waals surface area contributed by atoms with Gasteiger partial charge < -0.3 is 30.5 Å². The van der Waals surface area contributed by atoms with Crippen molar-refractivity contribution in [1.82, 2.24) is 9.62 Å². The number of allylic oxidation sites excluding steroid dienone is 3. The zero-order valence-corrected chi connectivity index (χ0v) is 32.5. The fraction of sp³-hybridized carbons (Fsp3) is 0.500. The molecule has 2 amide bonds. The molecule has 2 heterocycles. The number of nitrogens with two attached hydrogens (primary N) is 1. The number of β-lactam (4-membered cyclic amide) rings is 1. The Morgan fingerprint density at radius 3 is 2.57 bits per heavy atom. The standard InChI is InChI=1S/C38H51N5O10S/c1-8-9-10-11-25-19-24(5)32(27-18-23(4)12-13-26(27)22(2)3)30(20-25)52-21-51-17-16-29-34(36(45)43(29)54(48,49)50)41-35(44)33(28-14-15-31(39)40-28)42-53-38(6,7)37(46)47/h14,16,18-20,26-27,34H,2,8-13,15,17,21H2,1,3-7H3,(H2,39,40)(H,41,44)(H,46,47)(H,48,49,50)/b29-16+,42-33-/t26-,27+,34-/m0/s1. The summed E-state index contributed by atoms with van der Waals surface area (Å²) < 4.78 is 46.2. The van der Waals surface area contributed by atoms with E-state index in [9.17, 15) is 32.5 Å². The second-order valence-corrected chi connectivity index (χ2v) is 15.6. The summed E-state index contributed by atoms with van der Waals surface area (Å²) in [4.78, 5) is 47.0. The highest BCUT2D eigenvalue weighted by Crippen LogP contribution is 2.45. The Labute approximate surface area is 316 Å². The van der Waals surface area contributed by atoms with E-state index in [4.69, 9.17) is 20.0 Å². The first-order chi connectivity index (χ1) is 25.3. The smallest absolute Gasteiger partial charge is 0.366 e. The molecule has 0 unspecified atom stereocenters. The van der Waals surface area contributed by atoms with Crippen molar-refractivity contribution in [3.05, 3.63) is 76.2 Å². The van der Waals surface area contributed by atoms with E-state index < -0.39 is 45.4 Å². The SMILES string of the molecule is C=C(C)[C@@H]1CCC(C)=C[C@H]1c1c(C)cc(CCCCC)cc1OCOC/C=C1\[C@H](NC(=O)/C(=N\OC(C)(C)C(=O)O)C2=CCC(N)=N2)C(=O)N1S(=O)(=O)O. The topological polar surface area (TPSA) is 220 Å². The molecule has 2 aliphatic heterocycles. The van der Waals surface area contributed by atoms with Gasteiger partial charge in [0.1, 0.15) is 11.6 Å². The van der Waals surface area contributed by atoms with Gasteiger partial charge in [-0.05, 0) is 95.6 Å². The van der Waals surface area contributed by atoms with Crippen LogP contribution in [0.5, 0.6) is 5.75 Å². The van der Waals surface area contributed by atoms with E-state index in [1.807, 2.05) is 13.0 Å². The Morgan fingerprint density at radius 2 is 1.96 bits per heavy atom. The van der Waals surface area contributed by atoms with Gasteiger partial charge in [0.2, 0.25) is 5.60 Å². The summed E-state index contributed by atoms with van der Waals surface area (Å²) >= 11 is 0. The molecule has 0 bridgehead atoms. The van der Waals surface area contributed by atoms with E-state index in [1.165, 1.54) is 31.6 Å². The number of carboxylic acid groups (broad SMARTS) is 1. The highest BCUT2D eigenvalue weighted by molar-refractivity contribution is 7.84. The number of aliphatic carboxylic acids is 1. The van der Waals surface area contributed by atoms with Gasteiger partial charge in [0, 0.05) is 17.9 Å². The van der Waals surface area contributed by atoms with Crippen molar-refractivity contribution in [3.8, 4) is 5.75 Å². The number of carbonyl (C=O) groups is 3. The third-order valence-electron chi connectivity index (χ3n) is 9.49. The number of aryl methyl sites for hydroxylation is 2. The van der Waals surface area contributed by atoms with Crippen LogP contribution in [0, 0.1) is 12.8 Å². The Bertz CT molecular complexity index is 1930. The number of oxime groups is 1. The van der Waals surface area contributed by atoms with Gasteiger partial charge in [0.25, 0.3) is 11.8 Å². The molecule has 3 aliphatic rings. The summed E-state index contributed by atoms with van der Waals surface area (Å²) in [6.45, 7) is 14.6. The fourth-order valence-electron chi connectivity index (χ4n) is 6.52. The number of hydrogen-bond acceptors (Lipinski definition) is 11. The number of carbonyl (C=O) groups excluding carboxylic acids is 2. The van der Waals surface area contributed by atoms with E-state index in [-0.39, 0.29) is 53.2 Å². The molecule has 0 radical (unpaired) electrons. The van der Waals surface area contributed by atoms with Crippen molar-refractivity contribution in [2.24, 2.45) is 21.8 Å². The third kappa shape index (κ3) is 10.0. The number of carboxylic acids is 1. The number of hydrogen-bond donors (Lipinski definition) is 4. The van der Waals surface area contributed by atoms with Crippen LogP contribution in [-0.4, -0.2) is 76.8 Å². The van der Waals surface area contributed by atoms with Crippen LogP contribution in [0.3, 0.4) is 0 Å². The van der Waals surface area contributed by atoms with Gasteiger partial charge in [-0.15, -0.1) is 0 Å². The molecule has 16 heteroatoms. The summed E-state index contributed by atoms with van der Waals surface area (Å²) in [6.07, 6.45) is 11.2. The summed E-state index contributed by atoms with van der Waals surface area (Å²) in [5, 5.41) is 15.5. The Kier molecular flexibility index (Phi) is 13.6. The molecule has 1 saturated heterocycles. The maximum Gasteiger partial charge on any atom is 0.366 e. The average molecular weight is 770 g/mol. The fourth-order valence-corrected chi connectivity index (χ4v) is 7.30. The number of benzene rings is 1. The number of nitrogens with one attached hydrogen (secondary N) is 1. The zero-order chi connectivity index (χ0) is 40.0. The summed E-state index contributed by atoms with van der Waals surface area (Å²) in [6, 6.07) is 2.70. The minimum absolute atomic E-state index is 0.0481. The van der Waals surface area contributed by atoms with Crippen molar-refractivity contribution < 1.29 is 46.8 Å². The van der Waals surface area contributed by atoms with Crippen molar-refractivity contribution in [1.29, 1.82) is 0 Å².